The van der Waals surface area contributed by atoms with Crippen molar-refractivity contribution in [1.29, 1.82) is 0 Å². The van der Waals surface area contributed by atoms with Crippen molar-refractivity contribution in [3.05, 3.63) is 28.3 Å². The van der Waals surface area contributed by atoms with Gasteiger partial charge >= 0.3 is 0 Å². The Hall–Kier alpha value is -1.69. The molecule has 2 aromatic heterocycles. The Bertz CT molecular complexity index is 482. The van der Waals surface area contributed by atoms with Crippen LogP contribution in [0.4, 0.5) is 11.8 Å². The van der Waals surface area contributed by atoms with Crippen molar-refractivity contribution >= 4 is 23.1 Å². The Morgan fingerprint density at radius 2 is 2.25 bits per heavy atom. The van der Waals surface area contributed by atoms with E-state index in [4.69, 9.17) is 5.73 Å². The van der Waals surface area contributed by atoms with E-state index in [-0.39, 0.29) is 0 Å². The molecule has 0 unspecified atom stereocenters. The molecule has 0 atom stereocenters. The van der Waals surface area contributed by atoms with Crippen molar-refractivity contribution in [2.45, 2.75) is 13.5 Å². The lowest BCUT2D eigenvalue weighted by atomic mass is 10.4. The number of rotatable bonds is 3. The zero-order chi connectivity index (χ0) is 11.5. The Kier molecular flexibility index (Phi) is 3.00. The van der Waals surface area contributed by atoms with E-state index in [1.165, 1.54) is 0 Å². The molecule has 0 saturated carbocycles. The average molecular weight is 235 g/mol. The maximum Gasteiger partial charge on any atom is 0.227 e. The van der Waals surface area contributed by atoms with E-state index in [2.05, 4.69) is 15.0 Å². The maximum absolute atomic E-state index is 5.60. The maximum atomic E-state index is 5.60. The zero-order valence-electron chi connectivity index (χ0n) is 9.21. The lowest BCUT2D eigenvalue weighted by molar-refractivity contribution is 0.846. The molecule has 0 aliphatic carbocycles. The fraction of sp³-hybridized carbons (Fsp3) is 0.300. The number of hydrogen-bond donors (Lipinski definition) is 1. The quantitative estimate of drug-likeness (QED) is 0.872. The molecule has 16 heavy (non-hydrogen) atoms. The third-order valence-corrected chi connectivity index (χ3v) is 2.89. The van der Waals surface area contributed by atoms with Crippen LogP contribution >= 0.6 is 11.3 Å². The van der Waals surface area contributed by atoms with Crippen molar-refractivity contribution in [3.8, 4) is 0 Å². The van der Waals surface area contributed by atoms with Gasteiger partial charge in [0.1, 0.15) is 5.82 Å². The fourth-order valence-electron chi connectivity index (χ4n) is 1.34. The zero-order valence-corrected chi connectivity index (χ0v) is 10.0. The molecule has 0 fully saturated rings. The third-order valence-electron chi connectivity index (χ3n) is 2.07. The molecule has 2 aromatic rings. The first-order chi connectivity index (χ1) is 7.65. The van der Waals surface area contributed by atoms with Gasteiger partial charge in [-0.2, -0.15) is 4.98 Å². The number of anilines is 2. The van der Waals surface area contributed by atoms with Crippen LogP contribution in [0.15, 0.2) is 17.6 Å². The normalized spacial score (nSPS) is 10.4. The number of nitrogens with zero attached hydrogens (tertiary/aromatic N) is 4. The topological polar surface area (TPSA) is 67.9 Å². The highest BCUT2D eigenvalue weighted by Crippen LogP contribution is 2.13. The Morgan fingerprint density at radius 3 is 2.88 bits per heavy atom. The lowest BCUT2D eigenvalue weighted by Gasteiger charge is -2.15. The summed E-state index contributed by atoms with van der Waals surface area (Å²) < 4.78 is 0. The minimum Gasteiger partial charge on any atom is -0.384 e. The highest BCUT2D eigenvalue weighted by molar-refractivity contribution is 7.09. The standard InChI is InChI=1S/C10H13N5S/c1-7-13-8(6-16-7)5-15(2)10-12-4-3-9(11)14-10/h3-4,6H,5H2,1-2H3,(H2,11,12,14). The predicted octanol–water partition coefficient (Wildman–Crippen LogP) is 1.46. The van der Waals surface area contributed by atoms with Crippen molar-refractivity contribution in [2.24, 2.45) is 0 Å². The average Bonchev–Trinajstić information content (AvgIpc) is 2.64. The summed E-state index contributed by atoms with van der Waals surface area (Å²) in [6.07, 6.45) is 1.65. The Balaban J connectivity index is 2.11. The molecule has 2 N–H and O–H groups in total. The summed E-state index contributed by atoms with van der Waals surface area (Å²) in [4.78, 5) is 14.6. The Labute approximate surface area is 98.0 Å². The van der Waals surface area contributed by atoms with E-state index < -0.39 is 0 Å². The summed E-state index contributed by atoms with van der Waals surface area (Å²) in [6, 6.07) is 1.67. The summed E-state index contributed by atoms with van der Waals surface area (Å²) in [6.45, 7) is 2.68. The molecule has 0 aliphatic rings. The minimum absolute atomic E-state index is 0.478. The van der Waals surface area contributed by atoms with Gasteiger partial charge in [0.2, 0.25) is 5.95 Å². The molecule has 0 spiro atoms. The molecular formula is C10H13N5S. The van der Waals surface area contributed by atoms with Gasteiger partial charge in [0.05, 0.1) is 17.2 Å². The highest BCUT2D eigenvalue weighted by Gasteiger charge is 2.07. The van der Waals surface area contributed by atoms with Crippen LogP contribution in [0, 0.1) is 6.92 Å². The van der Waals surface area contributed by atoms with Crippen LogP contribution in [0.1, 0.15) is 10.7 Å². The molecule has 84 valence electrons. The molecular weight excluding hydrogens is 222 g/mol. The van der Waals surface area contributed by atoms with Crippen LogP contribution in [-0.4, -0.2) is 22.0 Å². The monoisotopic (exact) mass is 235 g/mol. The fourth-order valence-corrected chi connectivity index (χ4v) is 1.94. The highest BCUT2D eigenvalue weighted by atomic mass is 32.1. The van der Waals surface area contributed by atoms with E-state index in [9.17, 15) is 0 Å². The van der Waals surface area contributed by atoms with Crippen molar-refractivity contribution < 1.29 is 0 Å². The van der Waals surface area contributed by atoms with Gasteiger partial charge in [-0.15, -0.1) is 11.3 Å². The molecule has 0 bridgehead atoms. The van der Waals surface area contributed by atoms with E-state index in [0.717, 1.165) is 10.7 Å². The largest absolute Gasteiger partial charge is 0.384 e. The first-order valence-corrected chi connectivity index (χ1v) is 5.74. The van der Waals surface area contributed by atoms with E-state index in [0.29, 0.717) is 18.3 Å². The van der Waals surface area contributed by atoms with Crippen molar-refractivity contribution in [1.82, 2.24) is 15.0 Å². The van der Waals surface area contributed by atoms with Gasteiger partial charge in [0.25, 0.3) is 0 Å². The molecule has 0 aromatic carbocycles. The van der Waals surface area contributed by atoms with Crippen molar-refractivity contribution in [2.75, 3.05) is 17.7 Å². The summed E-state index contributed by atoms with van der Waals surface area (Å²) in [5.74, 6) is 1.09. The molecule has 5 nitrogen and oxygen atoms in total. The smallest absolute Gasteiger partial charge is 0.227 e. The molecule has 0 aliphatic heterocycles. The van der Waals surface area contributed by atoms with Gasteiger partial charge in [-0.3, -0.25) is 0 Å². The van der Waals surface area contributed by atoms with Gasteiger partial charge in [0.15, 0.2) is 0 Å². The second-order valence-corrected chi connectivity index (χ2v) is 4.56. The second-order valence-electron chi connectivity index (χ2n) is 3.50. The minimum atomic E-state index is 0.478. The number of aromatic nitrogens is 3. The molecule has 0 saturated heterocycles. The molecule has 0 radical (unpaired) electrons. The van der Waals surface area contributed by atoms with E-state index >= 15 is 0 Å². The predicted molar refractivity (Wildman–Crippen MR) is 65.4 cm³/mol. The van der Waals surface area contributed by atoms with Crippen LogP contribution in [0.5, 0.6) is 0 Å². The Morgan fingerprint density at radius 1 is 1.44 bits per heavy atom. The summed E-state index contributed by atoms with van der Waals surface area (Å²) in [5, 5.41) is 3.11. The van der Waals surface area contributed by atoms with Gasteiger partial charge in [-0.1, -0.05) is 0 Å². The van der Waals surface area contributed by atoms with Gasteiger partial charge in [0, 0.05) is 18.6 Å². The van der Waals surface area contributed by atoms with E-state index in [1.54, 1.807) is 23.6 Å². The van der Waals surface area contributed by atoms with Crippen LogP contribution in [-0.2, 0) is 6.54 Å². The van der Waals surface area contributed by atoms with Crippen LogP contribution in [0.2, 0.25) is 0 Å². The van der Waals surface area contributed by atoms with Gasteiger partial charge in [-0.25, -0.2) is 9.97 Å². The number of nitrogen functional groups attached to an aromatic ring is 1. The molecule has 0 amide bonds. The third kappa shape index (κ3) is 2.46. The summed E-state index contributed by atoms with van der Waals surface area (Å²) in [5.41, 5.74) is 6.63. The summed E-state index contributed by atoms with van der Waals surface area (Å²) in [7, 11) is 1.92. The first-order valence-electron chi connectivity index (χ1n) is 4.86. The van der Waals surface area contributed by atoms with E-state index in [1.807, 2.05) is 24.3 Å². The van der Waals surface area contributed by atoms with Crippen molar-refractivity contribution in [3.63, 3.8) is 0 Å². The lowest BCUT2D eigenvalue weighted by Crippen LogP contribution is -2.19. The SMILES string of the molecule is Cc1nc(CN(C)c2nccc(N)n2)cs1. The number of hydrogen-bond acceptors (Lipinski definition) is 6. The van der Waals surface area contributed by atoms with Gasteiger partial charge in [-0.05, 0) is 13.0 Å². The second kappa shape index (κ2) is 4.44. The van der Waals surface area contributed by atoms with Gasteiger partial charge < -0.3 is 10.6 Å². The van der Waals surface area contributed by atoms with Crippen LogP contribution in [0.25, 0.3) is 0 Å². The molecule has 2 heterocycles. The van der Waals surface area contributed by atoms with Crippen LogP contribution < -0.4 is 10.6 Å². The van der Waals surface area contributed by atoms with Crippen LogP contribution in [0.3, 0.4) is 0 Å². The first kappa shape index (κ1) is 10.8. The number of nitrogens with two attached hydrogens (primary N) is 1. The molecule has 2 rings (SSSR count). The number of aryl methyl sites for hydroxylation is 1. The molecule has 6 heteroatoms. The number of thiazole rings is 1. The summed E-state index contributed by atoms with van der Waals surface area (Å²) >= 11 is 1.64.